The van der Waals surface area contributed by atoms with Crippen molar-refractivity contribution in [2.75, 3.05) is 10.2 Å². The smallest absolute Gasteiger partial charge is 0.247 e. The van der Waals surface area contributed by atoms with Crippen molar-refractivity contribution in [3.8, 4) is 0 Å². The molecule has 3 heterocycles. The third kappa shape index (κ3) is 1.66. The van der Waals surface area contributed by atoms with Gasteiger partial charge in [-0.05, 0) is 37.7 Å². The van der Waals surface area contributed by atoms with Gasteiger partial charge < -0.3 is 10.2 Å². The van der Waals surface area contributed by atoms with Crippen LogP contribution in [0.3, 0.4) is 0 Å². The molecule has 0 bridgehead atoms. The average Bonchev–Trinajstić information content (AvgIpc) is 2.47. The number of carbonyl (C=O) groups is 1. The minimum absolute atomic E-state index is 0.0363. The highest BCUT2D eigenvalue weighted by Gasteiger charge is 2.44. The van der Waals surface area contributed by atoms with Crippen molar-refractivity contribution in [1.29, 1.82) is 0 Å². The van der Waals surface area contributed by atoms with Crippen LogP contribution in [0.4, 0.5) is 11.4 Å². The number of anilines is 2. The molecule has 2 aliphatic heterocycles. The molecule has 3 unspecified atom stereocenters. The first-order valence-corrected chi connectivity index (χ1v) is 7.38. The van der Waals surface area contributed by atoms with Crippen molar-refractivity contribution in [1.82, 2.24) is 4.98 Å². The lowest BCUT2D eigenvalue weighted by Gasteiger charge is -2.51. The van der Waals surface area contributed by atoms with E-state index in [1.54, 1.807) is 6.20 Å². The van der Waals surface area contributed by atoms with Crippen LogP contribution in [0.15, 0.2) is 18.5 Å². The van der Waals surface area contributed by atoms with Gasteiger partial charge in [-0.15, -0.1) is 0 Å². The first kappa shape index (κ1) is 11.3. The summed E-state index contributed by atoms with van der Waals surface area (Å²) < 4.78 is 0. The molecule has 0 radical (unpaired) electrons. The minimum Gasteiger partial charge on any atom is -0.354 e. The first-order valence-electron chi connectivity index (χ1n) is 7.38. The lowest BCUT2D eigenvalue weighted by atomic mass is 9.75. The van der Waals surface area contributed by atoms with Crippen LogP contribution in [0.25, 0.3) is 0 Å². The number of amides is 1. The Balaban J connectivity index is 1.79. The van der Waals surface area contributed by atoms with Crippen LogP contribution in [0.2, 0.25) is 0 Å². The molecule has 4 rings (SSSR count). The van der Waals surface area contributed by atoms with E-state index in [9.17, 15) is 4.79 Å². The van der Waals surface area contributed by atoms with Crippen LogP contribution in [0.1, 0.15) is 38.5 Å². The Kier molecular flexibility index (Phi) is 2.50. The first-order chi connectivity index (χ1) is 9.34. The largest absolute Gasteiger partial charge is 0.354 e. The Hall–Kier alpha value is -1.58. The van der Waals surface area contributed by atoms with Gasteiger partial charge in [-0.3, -0.25) is 9.78 Å². The SMILES string of the molecule is O=C1Nc2cnccc2N2C1CCC1CCCCC12. The summed E-state index contributed by atoms with van der Waals surface area (Å²) in [5.74, 6) is 0.932. The fourth-order valence-electron chi connectivity index (χ4n) is 4.16. The molecule has 1 saturated carbocycles. The number of hydrogen-bond acceptors (Lipinski definition) is 3. The second-order valence-electron chi connectivity index (χ2n) is 5.99. The fourth-order valence-corrected chi connectivity index (χ4v) is 4.16. The molecule has 4 nitrogen and oxygen atoms in total. The molecule has 3 atom stereocenters. The molecule has 100 valence electrons. The van der Waals surface area contributed by atoms with E-state index in [4.69, 9.17) is 0 Å². The van der Waals surface area contributed by atoms with E-state index in [2.05, 4.69) is 21.3 Å². The monoisotopic (exact) mass is 257 g/mol. The number of fused-ring (bicyclic) bond motifs is 5. The van der Waals surface area contributed by atoms with Gasteiger partial charge in [0.05, 0.1) is 17.6 Å². The van der Waals surface area contributed by atoms with Crippen molar-refractivity contribution in [2.45, 2.75) is 50.6 Å². The maximum atomic E-state index is 12.3. The summed E-state index contributed by atoms with van der Waals surface area (Å²) in [6.07, 6.45) is 11.0. The van der Waals surface area contributed by atoms with Crippen molar-refractivity contribution >= 4 is 17.3 Å². The van der Waals surface area contributed by atoms with Gasteiger partial charge in [-0.25, -0.2) is 0 Å². The predicted octanol–water partition coefficient (Wildman–Crippen LogP) is 2.56. The van der Waals surface area contributed by atoms with Crippen molar-refractivity contribution in [3.05, 3.63) is 18.5 Å². The third-order valence-corrected chi connectivity index (χ3v) is 5.01. The van der Waals surface area contributed by atoms with Crippen molar-refractivity contribution < 1.29 is 4.79 Å². The number of pyridine rings is 1. The number of piperidine rings is 1. The van der Waals surface area contributed by atoms with Crippen LogP contribution in [-0.2, 0) is 4.79 Å². The zero-order valence-corrected chi connectivity index (χ0v) is 11.0. The maximum absolute atomic E-state index is 12.3. The van der Waals surface area contributed by atoms with Crippen LogP contribution >= 0.6 is 0 Å². The molecule has 4 heteroatoms. The fraction of sp³-hybridized carbons (Fsp3) is 0.600. The average molecular weight is 257 g/mol. The molecule has 2 fully saturated rings. The molecule has 1 aromatic heterocycles. The van der Waals surface area contributed by atoms with Crippen molar-refractivity contribution in [3.63, 3.8) is 0 Å². The van der Waals surface area contributed by atoms with Gasteiger partial charge >= 0.3 is 0 Å². The van der Waals surface area contributed by atoms with Crippen LogP contribution in [0.5, 0.6) is 0 Å². The third-order valence-electron chi connectivity index (χ3n) is 5.01. The summed E-state index contributed by atoms with van der Waals surface area (Å²) in [6.45, 7) is 0. The zero-order chi connectivity index (χ0) is 12.8. The minimum atomic E-state index is 0.0363. The van der Waals surface area contributed by atoms with Gasteiger partial charge in [0, 0.05) is 12.2 Å². The van der Waals surface area contributed by atoms with Gasteiger partial charge in [0.2, 0.25) is 5.91 Å². The van der Waals surface area contributed by atoms with Gasteiger partial charge in [-0.2, -0.15) is 0 Å². The van der Waals surface area contributed by atoms with Crippen LogP contribution in [-0.4, -0.2) is 23.0 Å². The van der Waals surface area contributed by atoms with E-state index in [1.165, 1.54) is 37.8 Å². The Bertz CT molecular complexity index is 516. The maximum Gasteiger partial charge on any atom is 0.247 e. The Morgan fingerprint density at radius 1 is 1.21 bits per heavy atom. The second kappa shape index (κ2) is 4.22. The summed E-state index contributed by atoms with van der Waals surface area (Å²) in [5, 5.41) is 3.01. The number of hydrogen-bond donors (Lipinski definition) is 1. The standard InChI is InChI=1S/C15H19N3O/c19-15-14-6-5-10-3-1-2-4-12(10)18(14)13-7-8-16-9-11(13)17-15/h7-10,12,14H,1-6H2,(H,17,19). The van der Waals surface area contributed by atoms with E-state index < -0.39 is 0 Å². The molecule has 3 aliphatic rings. The lowest BCUT2D eigenvalue weighted by Crippen LogP contribution is -2.58. The van der Waals surface area contributed by atoms with Crippen LogP contribution in [0, 0.1) is 5.92 Å². The molecule has 1 saturated heterocycles. The molecule has 0 spiro atoms. The number of rotatable bonds is 0. The molecular weight excluding hydrogens is 238 g/mol. The van der Waals surface area contributed by atoms with E-state index in [0.29, 0.717) is 6.04 Å². The predicted molar refractivity (Wildman–Crippen MR) is 74.1 cm³/mol. The molecule has 1 amide bonds. The summed E-state index contributed by atoms with van der Waals surface area (Å²) in [7, 11) is 0. The van der Waals surface area contributed by atoms with E-state index in [1.807, 2.05) is 6.20 Å². The van der Waals surface area contributed by atoms with E-state index in [0.717, 1.165) is 18.0 Å². The molecular formula is C15H19N3O. The molecule has 0 aromatic carbocycles. The number of aromatic nitrogens is 1. The number of nitrogens with one attached hydrogen (secondary N) is 1. The van der Waals surface area contributed by atoms with E-state index in [-0.39, 0.29) is 11.9 Å². The Morgan fingerprint density at radius 3 is 3.05 bits per heavy atom. The highest BCUT2D eigenvalue weighted by Crippen LogP contribution is 2.44. The summed E-state index contributed by atoms with van der Waals surface area (Å²) in [5.41, 5.74) is 2.06. The van der Waals surface area contributed by atoms with Gasteiger partial charge in [0.25, 0.3) is 0 Å². The van der Waals surface area contributed by atoms with Gasteiger partial charge in [0.15, 0.2) is 0 Å². The zero-order valence-electron chi connectivity index (χ0n) is 11.0. The second-order valence-corrected chi connectivity index (χ2v) is 5.99. The molecule has 19 heavy (non-hydrogen) atoms. The quantitative estimate of drug-likeness (QED) is 0.777. The van der Waals surface area contributed by atoms with Crippen LogP contribution < -0.4 is 10.2 Å². The normalized spacial score (nSPS) is 32.9. The topological polar surface area (TPSA) is 45.2 Å². The number of carbonyl (C=O) groups excluding carboxylic acids is 1. The molecule has 1 aliphatic carbocycles. The highest BCUT2D eigenvalue weighted by molar-refractivity contribution is 6.03. The highest BCUT2D eigenvalue weighted by atomic mass is 16.2. The summed E-state index contributed by atoms with van der Waals surface area (Å²) in [4.78, 5) is 18.8. The number of nitrogens with zero attached hydrogens (tertiary/aromatic N) is 2. The molecule has 1 N–H and O–H groups in total. The lowest BCUT2D eigenvalue weighted by molar-refractivity contribution is -0.118. The van der Waals surface area contributed by atoms with Gasteiger partial charge in [-0.1, -0.05) is 12.8 Å². The Morgan fingerprint density at radius 2 is 2.11 bits per heavy atom. The van der Waals surface area contributed by atoms with Crippen molar-refractivity contribution in [2.24, 2.45) is 5.92 Å². The van der Waals surface area contributed by atoms with Gasteiger partial charge in [0.1, 0.15) is 6.04 Å². The Labute approximate surface area is 113 Å². The summed E-state index contributed by atoms with van der Waals surface area (Å²) >= 11 is 0. The van der Waals surface area contributed by atoms with E-state index >= 15 is 0 Å². The molecule has 1 aromatic rings. The summed E-state index contributed by atoms with van der Waals surface area (Å²) in [6, 6.07) is 2.65.